The molecule has 1 aliphatic heterocycles. The summed E-state index contributed by atoms with van der Waals surface area (Å²) in [6.07, 6.45) is 7.22. The van der Waals surface area contributed by atoms with Gasteiger partial charge >= 0.3 is 0 Å². The number of sulfonamides is 1. The zero-order valence-electron chi connectivity index (χ0n) is 13.4. The van der Waals surface area contributed by atoms with Crippen molar-refractivity contribution < 1.29 is 8.42 Å². The second-order valence-electron chi connectivity index (χ2n) is 5.95. The van der Waals surface area contributed by atoms with Gasteiger partial charge in [0.15, 0.2) is 0 Å². The Balaban J connectivity index is 1.89. The molecule has 0 bridgehead atoms. The number of aromatic nitrogens is 1. The summed E-state index contributed by atoms with van der Waals surface area (Å²) in [7, 11) is -3.45. The molecule has 2 aromatic rings. The maximum Gasteiger partial charge on any atom is 0.243 e. The van der Waals surface area contributed by atoms with E-state index in [1.54, 1.807) is 28.8 Å². The first-order valence-corrected chi connectivity index (χ1v) is 9.57. The van der Waals surface area contributed by atoms with Gasteiger partial charge in [-0.05, 0) is 54.7 Å². The molecule has 5 heteroatoms. The highest BCUT2D eigenvalue weighted by atomic mass is 32.2. The van der Waals surface area contributed by atoms with Crippen LogP contribution in [0.15, 0.2) is 53.7 Å². The molecule has 1 atom stereocenters. The molecule has 1 unspecified atom stereocenters. The Morgan fingerprint density at radius 2 is 1.83 bits per heavy atom. The van der Waals surface area contributed by atoms with Crippen LogP contribution in [-0.2, 0) is 16.4 Å². The van der Waals surface area contributed by atoms with E-state index >= 15 is 0 Å². The zero-order valence-corrected chi connectivity index (χ0v) is 14.2. The monoisotopic (exact) mass is 330 g/mol. The predicted octanol–water partition coefficient (Wildman–Crippen LogP) is 3.56. The van der Waals surface area contributed by atoms with Crippen LogP contribution in [-0.4, -0.2) is 24.3 Å². The molecule has 0 N–H and O–H groups in total. The molecule has 1 saturated heterocycles. The number of rotatable bonds is 5. The highest BCUT2D eigenvalue weighted by molar-refractivity contribution is 7.89. The topological polar surface area (TPSA) is 50.3 Å². The molecule has 1 aliphatic rings. The van der Waals surface area contributed by atoms with Crippen molar-refractivity contribution in [1.82, 2.24) is 9.29 Å². The van der Waals surface area contributed by atoms with Crippen molar-refractivity contribution in [1.29, 1.82) is 0 Å². The van der Waals surface area contributed by atoms with Crippen molar-refractivity contribution in [2.24, 2.45) is 0 Å². The number of nitrogens with zero attached hydrogens (tertiary/aromatic N) is 2. The zero-order chi connectivity index (χ0) is 16.3. The predicted molar refractivity (Wildman–Crippen MR) is 90.5 cm³/mol. The van der Waals surface area contributed by atoms with Gasteiger partial charge in [0.25, 0.3) is 0 Å². The Morgan fingerprint density at radius 3 is 2.48 bits per heavy atom. The minimum atomic E-state index is -3.45. The molecule has 122 valence electrons. The van der Waals surface area contributed by atoms with E-state index in [-0.39, 0.29) is 6.04 Å². The van der Waals surface area contributed by atoms with E-state index in [0.717, 1.165) is 31.2 Å². The van der Waals surface area contributed by atoms with Crippen molar-refractivity contribution in [2.45, 2.75) is 43.5 Å². The summed E-state index contributed by atoms with van der Waals surface area (Å²) in [4.78, 5) is 4.41. The number of hydrogen-bond donors (Lipinski definition) is 0. The summed E-state index contributed by atoms with van der Waals surface area (Å²) in [6.45, 7) is 2.69. The van der Waals surface area contributed by atoms with Crippen LogP contribution < -0.4 is 0 Å². The van der Waals surface area contributed by atoms with Crippen molar-refractivity contribution in [2.75, 3.05) is 6.54 Å². The van der Waals surface area contributed by atoms with Crippen LogP contribution in [0, 0.1) is 0 Å². The van der Waals surface area contributed by atoms with Gasteiger partial charge in [0.2, 0.25) is 10.0 Å². The summed E-state index contributed by atoms with van der Waals surface area (Å²) < 4.78 is 27.6. The first-order valence-electron chi connectivity index (χ1n) is 8.13. The average molecular weight is 330 g/mol. The fourth-order valence-corrected chi connectivity index (χ4v) is 4.88. The third-order valence-corrected chi connectivity index (χ3v) is 6.29. The number of hydrogen-bond acceptors (Lipinski definition) is 3. The fraction of sp³-hybridized carbons (Fsp3) is 0.389. The smallest absolute Gasteiger partial charge is 0.243 e. The van der Waals surface area contributed by atoms with E-state index in [9.17, 15) is 8.42 Å². The van der Waals surface area contributed by atoms with Crippen LogP contribution >= 0.6 is 0 Å². The average Bonchev–Trinajstić information content (AvgIpc) is 3.07. The summed E-state index contributed by atoms with van der Waals surface area (Å²) >= 11 is 0. The van der Waals surface area contributed by atoms with Gasteiger partial charge in [-0.2, -0.15) is 4.31 Å². The van der Waals surface area contributed by atoms with Crippen molar-refractivity contribution in [3.05, 3.63) is 59.9 Å². The summed E-state index contributed by atoms with van der Waals surface area (Å²) in [5.41, 5.74) is 2.20. The molecule has 1 fully saturated rings. The largest absolute Gasteiger partial charge is 0.265 e. The van der Waals surface area contributed by atoms with Gasteiger partial charge in [0.1, 0.15) is 0 Å². The lowest BCUT2D eigenvalue weighted by molar-refractivity contribution is 0.396. The van der Waals surface area contributed by atoms with E-state index in [1.165, 1.54) is 5.56 Å². The van der Waals surface area contributed by atoms with Crippen LogP contribution in [0.4, 0.5) is 0 Å². The Morgan fingerprint density at radius 1 is 1.13 bits per heavy atom. The van der Waals surface area contributed by atoms with Crippen LogP contribution in [0.3, 0.4) is 0 Å². The van der Waals surface area contributed by atoms with Crippen molar-refractivity contribution in [3.8, 4) is 0 Å². The molecule has 1 aromatic carbocycles. The Labute approximate surface area is 138 Å². The highest BCUT2D eigenvalue weighted by Gasteiger charge is 2.36. The van der Waals surface area contributed by atoms with Crippen LogP contribution in [0.2, 0.25) is 0 Å². The maximum atomic E-state index is 13.0. The maximum absolute atomic E-state index is 13.0. The number of aryl methyl sites for hydroxylation is 1. The Kier molecular flexibility index (Phi) is 4.78. The second kappa shape index (κ2) is 6.81. The van der Waals surface area contributed by atoms with E-state index in [2.05, 4.69) is 11.9 Å². The first-order chi connectivity index (χ1) is 11.1. The molecule has 3 rings (SSSR count). The normalized spacial score (nSPS) is 19.1. The van der Waals surface area contributed by atoms with Gasteiger partial charge in [-0.15, -0.1) is 0 Å². The molecule has 4 nitrogen and oxygen atoms in total. The lowest BCUT2D eigenvalue weighted by Crippen LogP contribution is -2.30. The Bertz CT molecular complexity index is 742. The molecule has 0 radical (unpaired) electrons. The summed E-state index contributed by atoms with van der Waals surface area (Å²) in [5.74, 6) is 0. The first kappa shape index (κ1) is 16.1. The third-order valence-electron chi connectivity index (χ3n) is 4.36. The number of benzene rings is 1. The minimum Gasteiger partial charge on any atom is -0.265 e. The Hall–Kier alpha value is -1.72. The lowest BCUT2D eigenvalue weighted by atomic mass is 10.1. The highest BCUT2D eigenvalue weighted by Crippen LogP contribution is 2.36. The molecular formula is C18H22N2O2S. The van der Waals surface area contributed by atoms with E-state index in [4.69, 9.17) is 0 Å². The molecule has 0 amide bonds. The number of pyridine rings is 1. The van der Waals surface area contributed by atoms with E-state index < -0.39 is 10.0 Å². The molecule has 23 heavy (non-hydrogen) atoms. The molecule has 0 aliphatic carbocycles. The van der Waals surface area contributed by atoms with Gasteiger partial charge in [-0.25, -0.2) is 8.42 Å². The fourth-order valence-electron chi connectivity index (χ4n) is 3.20. The van der Waals surface area contributed by atoms with Gasteiger partial charge in [-0.1, -0.05) is 25.5 Å². The molecule has 0 saturated carbocycles. The van der Waals surface area contributed by atoms with Crippen LogP contribution in [0.1, 0.15) is 43.4 Å². The summed E-state index contributed by atoms with van der Waals surface area (Å²) in [5, 5.41) is 0. The van der Waals surface area contributed by atoms with E-state index in [1.807, 2.05) is 24.3 Å². The van der Waals surface area contributed by atoms with Gasteiger partial charge in [0, 0.05) is 18.9 Å². The van der Waals surface area contributed by atoms with Gasteiger partial charge < -0.3 is 0 Å². The molecular weight excluding hydrogens is 308 g/mol. The molecule has 2 heterocycles. The molecule has 1 aromatic heterocycles. The second-order valence-corrected chi connectivity index (χ2v) is 7.84. The standard InChI is InChI=1S/C18H22N2O2S/c1-2-4-15-6-8-17(9-7-15)23(21,22)20-14-3-5-18(20)16-10-12-19-13-11-16/h6-13,18H,2-5,14H2,1H3. The van der Waals surface area contributed by atoms with Crippen molar-refractivity contribution in [3.63, 3.8) is 0 Å². The van der Waals surface area contributed by atoms with Crippen LogP contribution in [0.25, 0.3) is 0 Å². The minimum absolute atomic E-state index is 0.0849. The third kappa shape index (κ3) is 3.31. The van der Waals surface area contributed by atoms with E-state index in [0.29, 0.717) is 11.4 Å². The molecule has 0 spiro atoms. The summed E-state index contributed by atoms with van der Waals surface area (Å²) in [6, 6.07) is 11.1. The quantitative estimate of drug-likeness (QED) is 0.842. The van der Waals surface area contributed by atoms with Crippen molar-refractivity contribution >= 4 is 10.0 Å². The van der Waals surface area contributed by atoms with Gasteiger partial charge in [-0.3, -0.25) is 4.98 Å². The SMILES string of the molecule is CCCc1ccc(S(=O)(=O)N2CCCC2c2ccncc2)cc1. The van der Waals surface area contributed by atoms with Gasteiger partial charge in [0.05, 0.1) is 10.9 Å². The lowest BCUT2D eigenvalue weighted by Gasteiger charge is -2.24. The van der Waals surface area contributed by atoms with Crippen LogP contribution in [0.5, 0.6) is 0 Å².